The van der Waals surface area contributed by atoms with E-state index in [0.29, 0.717) is 0 Å². The summed E-state index contributed by atoms with van der Waals surface area (Å²) in [5, 5.41) is 22.6. The summed E-state index contributed by atoms with van der Waals surface area (Å²) in [5.41, 5.74) is -0.520. The Labute approximate surface area is 104 Å². The van der Waals surface area contributed by atoms with Crippen LogP contribution >= 0.6 is 0 Å². The van der Waals surface area contributed by atoms with E-state index in [1.807, 2.05) is 0 Å². The number of piperidine rings is 1. The molecule has 0 bridgehead atoms. The van der Waals surface area contributed by atoms with Gasteiger partial charge in [0.1, 0.15) is 12.2 Å². The zero-order chi connectivity index (χ0) is 13.0. The lowest BCUT2D eigenvalue weighted by Gasteiger charge is -2.23. The summed E-state index contributed by atoms with van der Waals surface area (Å²) in [6.45, 7) is 1.69. The first-order valence-corrected chi connectivity index (χ1v) is 5.63. The van der Waals surface area contributed by atoms with Crippen LogP contribution in [0, 0.1) is 21.4 Å². The van der Waals surface area contributed by atoms with E-state index in [1.165, 1.54) is 12.1 Å². The van der Waals surface area contributed by atoms with Crippen LogP contribution in [0.15, 0.2) is 12.1 Å². The van der Waals surface area contributed by atoms with E-state index in [9.17, 15) is 10.1 Å². The maximum Gasteiger partial charge on any atom is 0.305 e. The van der Waals surface area contributed by atoms with Crippen molar-refractivity contribution in [3.05, 3.63) is 27.9 Å². The van der Waals surface area contributed by atoms with Gasteiger partial charge < -0.3 is 10.1 Å². The molecule has 0 unspecified atom stereocenters. The molecule has 1 N–H and O–H groups in total. The average molecular weight is 248 g/mol. The smallest absolute Gasteiger partial charge is 0.305 e. The van der Waals surface area contributed by atoms with E-state index in [0.717, 1.165) is 25.9 Å². The Kier molecular flexibility index (Phi) is 3.69. The zero-order valence-corrected chi connectivity index (χ0v) is 9.63. The van der Waals surface area contributed by atoms with Gasteiger partial charge in [0.25, 0.3) is 0 Å². The number of aromatic nitrogens is 1. The second-order valence-corrected chi connectivity index (χ2v) is 3.97. The molecule has 1 aliphatic rings. The highest BCUT2D eigenvalue weighted by atomic mass is 16.6. The van der Waals surface area contributed by atoms with Gasteiger partial charge in [0.2, 0.25) is 11.6 Å². The summed E-state index contributed by atoms with van der Waals surface area (Å²) >= 11 is 0. The van der Waals surface area contributed by atoms with Gasteiger partial charge in [0.05, 0.1) is 4.92 Å². The second kappa shape index (κ2) is 5.42. The number of hydrogen-bond acceptors (Lipinski definition) is 6. The predicted molar refractivity (Wildman–Crippen MR) is 62.1 cm³/mol. The standard InChI is InChI=1S/C11H12N4O3/c12-6-9-10(15(16)17)3-4-11(14-9)18-8-2-1-5-13-7-8/h3-4,8,13H,1-2,5,7H2/t8-/m0/s1. The first-order valence-electron chi connectivity index (χ1n) is 5.63. The van der Waals surface area contributed by atoms with Crippen LogP contribution in [0.25, 0.3) is 0 Å². The van der Waals surface area contributed by atoms with Crippen molar-refractivity contribution in [3.63, 3.8) is 0 Å². The molecule has 1 aromatic heterocycles. The van der Waals surface area contributed by atoms with Crippen molar-refractivity contribution in [1.82, 2.24) is 10.3 Å². The molecule has 1 aliphatic heterocycles. The summed E-state index contributed by atoms with van der Waals surface area (Å²) in [5.74, 6) is 0.255. The average Bonchev–Trinajstić information content (AvgIpc) is 2.39. The fraction of sp³-hybridized carbons (Fsp3) is 0.455. The van der Waals surface area contributed by atoms with Gasteiger partial charge in [-0.1, -0.05) is 0 Å². The second-order valence-electron chi connectivity index (χ2n) is 3.97. The number of nitro groups is 1. The van der Waals surface area contributed by atoms with Crippen molar-refractivity contribution < 1.29 is 9.66 Å². The maximum atomic E-state index is 10.6. The fourth-order valence-electron chi connectivity index (χ4n) is 1.82. The molecule has 7 heteroatoms. The third kappa shape index (κ3) is 2.73. The highest BCUT2D eigenvalue weighted by Crippen LogP contribution is 2.21. The first-order chi connectivity index (χ1) is 8.70. The van der Waals surface area contributed by atoms with Crippen LogP contribution in [0.2, 0.25) is 0 Å². The van der Waals surface area contributed by atoms with Gasteiger partial charge in [0.15, 0.2) is 0 Å². The van der Waals surface area contributed by atoms with Crippen molar-refractivity contribution in [2.75, 3.05) is 13.1 Å². The van der Waals surface area contributed by atoms with Crippen molar-refractivity contribution in [2.24, 2.45) is 0 Å². The van der Waals surface area contributed by atoms with Crippen LogP contribution < -0.4 is 10.1 Å². The molecule has 0 aliphatic carbocycles. The van der Waals surface area contributed by atoms with Crippen molar-refractivity contribution >= 4 is 5.69 Å². The Balaban J connectivity index is 2.14. The lowest BCUT2D eigenvalue weighted by Crippen LogP contribution is -2.37. The Hall–Kier alpha value is -2.20. The van der Waals surface area contributed by atoms with Gasteiger partial charge in [-0.15, -0.1) is 0 Å². The molecule has 94 valence electrons. The van der Waals surface area contributed by atoms with Gasteiger partial charge in [-0.25, -0.2) is 0 Å². The van der Waals surface area contributed by atoms with E-state index < -0.39 is 4.92 Å². The third-order valence-corrected chi connectivity index (χ3v) is 2.69. The normalized spacial score (nSPS) is 18.9. The Bertz CT molecular complexity index is 492. The number of nitriles is 1. The SMILES string of the molecule is N#Cc1nc(O[C@H]2CCCNC2)ccc1[N+](=O)[O-]. The highest BCUT2D eigenvalue weighted by Gasteiger charge is 2.19. The topological polar surface area (TPSA) is 101 Å². The molecule has 0 radical (unpaired) electrons. The van der Waals surface area contributed by atoms with E-state index in [-0.39, 0.29) is 23.4 Å². The Morgan fingerprint density at radius 2 is 2.44 bits per heavy atom. The Morgan fingerprint density at radius 1 is 1.61 bits per heavy atom. The molecule has 1 fully saturated rings. The minimum Gasteiger partial charge on any atom is -0.473 e. The molecular weight excluding hydrogens is 236 g/mol. The highest BCUT2D eigenvalue weighted by molar-refractivity contribution is 5.45. The molecule has 0 spiro atoms. The monoisotopic (exact) mass is 248 g/mol. The van der Waals surface area contributed by atoms with Crippen LogP contribution in [-0.4, -0.2) is 29.1 Å². The minimum absolute atomic E-state index is 0.000695. The zero-order valence-electron chi connectivity index (χ0n) is 9.63. The largest absolute Gasteiger partial charge is 0.473 e. The van der Waals surface area contributed by atoms with Crippen LogP contribution in [-0.2, 0) is 0 Å². The molecule has 1 atom stereocenters. The van der Waals surface area contributed by atoms with E-state index in [4.69, 9.17) is 10.00 Å². The number of pyridine rings is 1. The van der Waals surface area contributed by atoms with Crippen LogP contribution in [0.3, 0.4) is 0 Å². The summed E-state index contributed by atoms with van der Waals surface area (Å²) in [7, 11) is 0. The molecule has 2 heterocycles. The van der Waals surface area contributed by atoms with Crippen LogP contribution in [0.4, 0.5) is 5.69 Å². The quantitative estimate of drug-likeness (QED) is 0.632. The van der Waals surface area contributed by atoms with Gasteiger partial charge in [-0.3, -0.25) is 10.1 Å². The summed E-state index contributed by atoms with van der Waals surface area (Å²) in [6, 6.07) is 4.38. The number of ether oxygens (including phenoxy) is 1. The molecule has 7 nitrogen and oxygen atoms in total. The van der Waals surface area contributed by atoms with E-state index >= 15 is 0 Å². The third-order valence-electron chi connectivity index (χ3n) is 2.69. The van der Waals surface area contributed by atoms with Crippen molar-refractivity contribution in [1.29, 1.82) is 5.26 Å². The maximum absolute atomic E-state index is 10.6. The Morgan fingerprint density at radius 3 is 3.06 bits per heavy atom. The molecule has 18 heavy (non-hydrogen) atoms. The number of nitrogens with one attached hydrogen (secondary N) is 1. The number of rotatable bonds is 3. The number of hydrogen-bond donors (Lipinski definition) is 1. The van der Waals surface area contributed by atoms with Crippen molar-refractivity contribution in [2.45, 2.75) is 18.9 Å². The molecule has 0 amide bonds. The van der Waals surface area contributed by atoms with Gasteiger partial charge >= 0.3 is 5.69 Å². The lowest BCUT2D eigenvalue weighted by atomic mass is 10.1. The summed E-state index contributed by atoms with van der Waals surface area (Å²) in [6.07, 6.45) is 1.93. The molecule has 1 saturated heterocycles. The van der Waals surface area contributed by atoms with Crippen LogP contribution in [0.5, 0.6) is 5.88 Å². The lowest BCUT2D eigenvalue weighted by molar-refractivity contribution is -0.385. The molecule has 2 rings (SSSR count). The fourth-order valence-corrected chi connectivity index (χ4v) is 1.82. The summed E-state index contributed by atoms with van der Waals surface area (Å²) < 4.78 is 5.59. The minimum atomic E-state index is -0.627. The van der Waals surface area contributed by atoms with Gasteiger partial charge in [0, 0.05) is 18.7 Å². The van der Waals surface area contributed by atoms with Crippen molar-refractivity contribution in [3.8, 4) is 11.9 Å². The predicted octanol–water partition coefficient (Wildman–Crippen LogP) is 0.992. The molecule has 1 aromatic rings. The number of nitrogens with zero attached hydrogens (tertiary/aromatic N) is 3. The molecular formula is C11H12N4O3. The van der Waals surface area contributed by atoms with E-state index in [2.05, 4.69) is 10.3 Å². The summed E-state index contributed by atoms with van der Waals surface area (Å²) in [4.78, 5) is 13.9. The first kappa shape index (κ1) is 12.3. The van der Waals surface area contributed by atoms with Crippen LogP contribution in [0.1, 0.15) is 18.5 Å². The van der Waals surface area contributed by atoms with Gasteiger partial charge in [-0.05, 0) is 19.4 Å². The van der Waals surface area contributed by atoms with Gasteiger partial charge in [-0.2, -0.15) is 10.2 Å². The molecule has 0 aromatic carbocycles. The van der Waals surface area contributed by atoms with E-state index in [1.54, 1.807) is 6.07 Å². The molecule has 0 saturated carbocycles.